The maximum Gasteiger partial charge on any atom is 0.123 e. The number of aryl methyl sites for hydroxylation is 1. The van der Waals surface area contributed by atoms with Gasteiger partial charge in [-0.25, -0.2) is 4.39 Å². The maximum absolute atomic E-state index is 13.0. The molecule has 0 unspecified atom stereocenters. The molecule has 0 saturated carbocycles. The topological polar surface area (TPSA) is 3.24 Å². The van der Waals surface area contributed by atoms with Gasteiger partial charge in [0.05, 0.1) is 5.03 Å². The number of allylic oxidation sites excluding steroid dienone is 2. The van der Waals surface area contributed by atoms with Crippen LogP contribution in [0.25, 0.3) is 0 Å². The van der Waals surface area contributed by atoms with Crippen LogP contribution in [-0.2, 0) is 19.3 Å². The van der Waals surface area contributed by atoms with Crippen LogP contribution in [0.4, 0.5) is 4.39 Å². The van der Waals surface area contributed by atoms with Crippen molar-refractivity contribution < 1.29 is 4.39 Å². The van der Waals surface area contributed by atoms with E-state index in [1.807, 2.05) is 23.9 Å². The van der Waals surface area contributed by atoms with Gasteiger partial charge in [0.1, 0.15) is 5.82 Å². The highest BCUT2D eigenvalue weighted by Gasteiger charge is 2.24. The highest BCUT2D eigenvalue weighted by Crippen LogP contribution is 2.31. The number of benzene rings is 2. The Hall–Kier alpha value is -2.00. The smallest absolute Gasteiger partial charge is 0.123 e. The van der Waals surface area contributed by atoms with Gasteiger partial charge in [0, 0.05) is 13.1 Å². The molecule has 0 bridgehead atoms. The van der Waals surface area contributed by atoms with Gasteiger partial charge in [0.25, 0.3) is 0 Å². The summed E-state index contributed by atoms with van der Waals surface area (Å²) in [6.07, 6.45) is 11.2. The summed E-state index contributed by atoms with van der Waals surface area (Å²) >= 11 is 1.96. The quantitative estimate of drug-likeness (QED) is 0.575. The molecule has 1 heterocycles. The van der Waals surface area contributed by atoms with Crippen LogP contribution in [0.15, 0.2) is 71.8 Å². The second-order valence-corrected chi connectivity index (χ2v) is 8.57. The molecule has 0 spiro atoms. The van der Waals surface area contributed by atoms with E-state index in [-0.39, 0.29) is 5.82 Å². The zero-order valence-corrected chi connectivity index (χ0v) is 16.4. The van der Waals surface area contributed by atoms with Crippen LogP contribution in [-0.4, -0.2) is 23.7 Å². The van der Waals surface area contributed by atoms with Gasteiger partial charge in [-0.2, -0.15) is 0 Å². The fraction of sp³-hybridized carbons (Fsp3) is 0.333. The third-order valence-corrected chi connectivity index (χ3v) is 6.58. The maximum atomic E-state index is 13.0. The summed E-state index contributed by atoms with van der Waals surface area (Å²) in [7, 11) is 0. The Kier molecular flexibility index (Phi) is 5.98. The molecule has 0 aromatic heterocycles. The SMILES string of the molecule is Fc1ccc(CCCSC2=CC=CCN2CC2Cc3ccccc3C2)cc1. The van der Waals surface area contributed by atoms with Crippen LogP contribution in [0.2, 0.25) is 0 Å². The Morgan fingerprint density at radius 1 is 1.00 bits per heavy atom. The normalized spacial score (nSPS) is 16.5. The predicted octanol–water partition coefficient (Wildman–Crippen LogP) is 5.62. The standard InChI is InChI=1S/C24H26FNS/c25-23-12-10-19(11-13-23)6-5-15-27-24-9-3-4-14-26(24)18-20-16-21-7-1-2-8-22(21)17-20/h1-4,7-13,20H,5-6,14-18H2. The number of hydrogen-bond donors (Lipinski definition) is 0. The first-order valence-electron chi connectivity index (χ1n) is 9.84. The Bertz CT molecular complexity index is 800. The molecule has 2 aromatic carbocycles. The fourth-order valence-electron chi connectivity index (χ4n) is 4.03. The third-order valence-electron chi connectivity index (χ3n) is 5.40. The van der Waals surface area contributed by atoms with E-state index < -0.39 is 0 Å². The minimum absolute atomic E-state index is 0.156. The lowest BCUT2D eigenvalue weighted by Gasteiger charge is -2.30. The Morgan fingerprint density at radius 3 is 2.48 bits per heavy atom. The highest BCUT2D eigenvalue weighted by atomic mass is 32.2. The minimum Gasteiger partial charge on any atom is -0.362 e. The van der Waals surface area contributed by atoms with Crippen LogP contribution >= 0.6 is 11.8 Å². The van der Waals surface area contributed by atoms with E-state index in [0.717, 1.165) is 37.6 Å². The minimum atomic E-state index is -0.156. The summed E-state index contributed by atoms with van der Waals surface area (Å²) in [5.41, 5.74) is 4.29. The van der Waals surface area contributed by atoms with Gasteiger partial charge in [-0.15, -0.1) is 11.8 Å². The van der Waals surface area contributed by atoms with Crippen LogP contribution in [0.3, 0.4) is 0 Å². The van der Waals surface area contributed by atoms with Gasteiger partial charge in [0.2, 0.25) is 0 Å². The molecule has 1 aliphatic carbocycles. The molecule has 0 amide bonds. The van der Waals surface area contributed by atoms with E-state index in [2.05, 4.69) is 47.4 Å². The number of halogens is 1. The van der Waals surface area contributed by atoms with E-state index in [1.165, 1.54) is 34.6 Å². The summed E-state index contributed by atoms with van der Waals surface area (Å²) in [6.45, 7) is 2.15. The van der Waals surface area contributed by atoms with Gasteiger partial charge in [-0.05, 0) is 72.3 Å². The van der Waals surface area contributed by atoms with E-state index in [4.69, 9.17) is 0 Å². The predicted molar refractivity (Wildman–Crippen MR) is 113 cm³/mol. The monoisotopic (exact) mass is 379 g/mol. The number of hydrogen-bond acceptors (Lipinski definition) is 2. The van der Waals surface area contributed by atoms with E-state index in [0.29, 0.717) is 0 Å². The van der Waals surface area contributed by atoms with Gasteiger partial charge in [-0.3, -0.25) is 0 Å². The van der Waals surface area contributed by atoms with Crippen molar-refractivity contribution in [1.82, 2.24) is 4.90 Å². The average molecular weight is 380 g/mol. The molecule has 0 fully saturated rings. The average Bonchev–Trinajstić information content (AvgIpc) is 3.10. The zero-order chi connectivity index (χ0) is 18.5. The number of nitrogens with zero attached hydrogens (tertiary/aromatic N) is 1. The lowest BCUT2D eigenvalue weighted by molar-refractivity contribution is 0.328. The molecule has 0 saturated heterocycles. The molecule has 27 heavy (non-hydrogen) atoms. The first kappa shape index (κ1) is 18.4. The molecule has 2 aromatic rings. The lowest BCUT2D eigenvalue weighted by Crippen LogP contribution is -2.30. The van der Waals surface area contributed by atoms with Crippen molar-refractivity contribution in [1.29, 1.82) is 0 Å². The Balaban J connectivity index is 1.26. The van der Waals surface area contributed by atoms with Crippen molar-refractivity contribution in [2.75, 3.05) is 18.8 Å². The Labute approximate surface area is 166 Å². The molecule has 2 aliphatic rings. The Morgan fingerprint density at radius 2 is 1.74 bits per heavy atom. The van der Waals surface area contributed by atoms with Crippen LogP contribution in [0.1, 0.15) is 23.1 Å². The molecule has 4 rings (SSSR count). The lowest BCUT2D eigenvalue weighted by atomic mass is 10.1. The van der Waals surface area contributed by atoms with E-state index >= 15 is 0 Å². The van der Waals surface area contributed by atoms with Crippen molar-refractivity contribution in [2.45, 2.75) is 25.7 Å². The molecular formula is C24H26FNS. The van der Waals surface area contributed by atoms with Crippen LogP contribution in [0, 0.1) is 11.7 Å². The largest absolute Gasteiger partial charge is 0.362 e. The molecule has 3 heteroatoms. The third kappa shape index (κ3) is 4.84. The summed E-state index contributed by atoms with van der Waals surface area (Å²) in [5, 5.41) is 1.40. The second-order valence-electron chi connectivity index (χ2n) is 7.46. The molecule has 140 valence electrons. The van der Waals surface area contributed by atoms with Crippen molar-refractivity contribution in [3.63, 3.8) is 0 Å². The number of thioether (sulfide) groups is 1. The zero-order valence-electron chi connectivity index (χ0n) is 15.6. The van der Waals surface area contributed by atoms with Crippen molar-refractivity contribution in [3.8, 4) is 0 Å². The molecule has 1 aliphatic heterocycles. The first-order chi connectivity index (χ1) is 13.3. The number of rotatable bonds is 7. The molecule has 0 radical (unpaired) electrons. The van der Waals surface area contributed by atoms with Gasteiger partial charge >= 0.3 is 0 Å². The summed E-state index contributed by atoms with van der Waals surface area (Å²) < 4.78 is 13.0. The number of fused-ring (bicyclic) bond motifs is 1. The fourth-order valence-corrected chi connectivity index (χ4v) is 5.04. The first-order valence-corrected chi connectivity index (χ1v) is 10.8. The van der Waals surface area contributed by atoms with E-state index in [9.17, 15) is 4.39 Å². The molecular weight excluding hydrogens is 353 g/mol. The summed E-state index contributed by atoms with van der Waals surface area (Å²) in [6, 6.07) is 15.8. The molecule has 0 atom stereocenters. The highest BCUT2D eigenvalue weighted by molar-refractivity contribution is 8.03. The van der Waals surface area contributed by atoms with Gasteiger partial charge in [0.15, 0.2) is 0 Å². The van der Waals surface area contributed by atoms with Crippen LogP contribution < -0.4 is 0 Å². The molecule has 0 N–H and O–H groups in total. The van der Waals surface area contributed by atoms with Crippen LogP contribution in [0.5, 0.6) is 0 Å². The second kappa shape index (κ2) is 8.79. The van der Waals surface area contributed by atoms with E-state index in [1.54, 1.807) is 12.1 Å². The van der Waals surface area contributed by atoms with Gasteiger partial charge < -0.3 is 4.90 Å². The van der Waals surface area contributed by atoms with Crippen molar-refractivity contribution in [3.05, 3.63) is 94.3 Å². The van der Waals surface area contributed by atoms with Crippen molar-refractivity contribution >= 4 is 11.8 Å². The van der Waals surface area contributed by atoms with Gasteiger partial charge in [-0.1, -0.05) is 48.6 Å². The summed E-state index contributed by atoms with van der Waals surface area (Å²) in [4.78, 5) is 2.54. The van der Waals surface area contributed by atoms with Crippen molar-refractivity contribution in [2.24, 2.45) is 5.92 Å². The molecule has 1 nitrogen and oxygen atoms in total. The summed E-state index contributed by atoms with van der Waals surface area (Å²) in [5.74, 6) is 1.66.